The lowest BCUT2D eigenvalue weighted by atomic mass is 10.1. The van der Waals surface area contributed by atoms with Crippen LogP contribution in [0.15, 0.2) is 75.6 Å². The largest absolute Gasteiger partial charge is 0.461 e. The number of rotatable bonds is 3. The second-order valence-corrected chi connectivity index (χ2v) is 5.35. The molecule has 0 radical (unpaired) electrons. The first-order valence-electron chi connectivity index (χ1n) is 6.20. The molecule has 0 amide bonds. The Morgan fingerprint density at radius 1 is 0.789 bits per heavy atom. The van der Waals surface area contributed by atoms with Crippen LogP contribution in [0, 0.1) is 0 Å². The number of furan rings is 1. The third-order valence-electron chi connectivity index (χ3n) is 3.01. The van der Waals surface area contributed by atoms with E-state index in [1.165, 1.54) is 5.56 Å². The molecule has 0 saturated carbocycles. The normalized spacial score (nSPS) is 10.6. The molecule has 0 fully saturated rings. The Hall–Kier alpha value is -1.80. The highest BCUT2D eigenvalue weighted by molar-refractivity contribution is 9.10. The van der Waals surface area contributed by atoms with Gasteiger partial charge in [-0.25, -0.2) is 0 Å². The van der Waals surface area contributed by atoms with Gasteiger partial charge in [0.2, 0.25) is 0 Å². The van der Waals surface area contributed by atoms with E-state index < -0.39 is 0 Å². The molecule has 0 bridgehead atoms. The summed E-state index contributed by atoms with van der Waals surface area (Å²) >= 11 is 3.44. The summed E-state index contributed by atoms with van der Waals surface area (Å²) in [7, 11) is 0. The standard InChI is InChI=1S/C17H13BrO/c18-15-8-6-13(7-9-15)12-16-10-11-17(19-16)14-4-2-1-3-5-14/h1-11H,12H2. The lowest BCUT2D eigenvalue weighted by Gasteiger charge is -1.99. The molecule has 0 unspecified atom stereocenters. The van der Waals surface area contributed by atoms with E-state index in [4.69, 9.17) is 4.42 Å². The monoisotopic (exact) mass is 312 g/mol. The fourth-order valence-electron chi connectivity index (χ4n) is 2.03. The number of hydrogen-bond donors (Lipinski definition) is 0. The van der Waals surface area contributed by atoms with E-state index in [1.54, 1.807) is 0 Å². The van der Waals surface area contributed by atoms with E-state index in [1.807, 2.05) is 30.3 Å². The molecule has 1 nitrogen and oxygen atoms in total. The Bertz CT molecular complexity index is 653. The van der Waals surface area contributed by atoms with Crippen molar-refractivity contribution in [2.45, 2.75) is 6.42 Å². The van der Waals surface area contributed by atoms with Gasteiger partial charge in [-0.15, -0.1) is 0 Å². The zero-order valence-corrected chi connectivity index (χ0v) is 11.9. The van der Waals surface area contributed by atoms with Crippen LogP contribution >= 0.6 is 15.9 Å². The van der Waals surface area contributed by atoms with Crippen LogP contribution in [0.1, 0.15) is 11.3 Å². The quantitative estimate of drug-likeness (QED) is 0.639. The third kappa shape index (κ3) is 2.96. The molecule has 0 N–H and O–H groups in total. The van der Waals surface area contributed by atoms with Crippen molar-refractivity contribution in [3.63, 3.8) is 0 Å². The van der Waals surface area contributed by atoms with Crippen LogP contribution in [0.2, 0.25) is 0 Å². The summed E-state index contributed by atoms with van der Waals surface area (Å²) in [6.07, 6.45) is 0.820. The molecule has 0 atom stereocenters. The van der Waals surface area contributed by atoms with Gasteiger partial charge in [0.15, 0.2) is 0 Å². The molecule has 0 aliphatic heterocycles. The molecule has 0 saturated heterocycles. The molecule has 2 heteroatoms. The summed E-state index contributed by atoms with van der Waals surface area (Å²) < 4.78 is 6.99. The highest BCUT2D eigenvalue weighted by Crippen LogP contribution is 2.23. The van der Waals surface area contributed by atoms with E-state index in [9.17, 15) is 0 Å². The van der Waals surface area contributed by atoms with Crippen LogP contribution < -0.4 is 0 Å². The average Bonchev–Trinajstić information content (AvgIpc) is 2.91. The van der Waals surface area contributed by atoms with Crippen molar-refractivity contribution in [3.05, 3.63) is 82.5 Å². The van der Waals surface area contributed by atoms with Crippen molar-refractivity contribution in [2.75, 3.05) is 0 Å². The molecule has 94 valence electrons. The lowest BCUT2D eigenvalue weighted by Crippen LogP contribution is -1.84. The van der Waals surface area contributed by atoms with Crippen molar-refractivity contribution in [2.24, 2.45) is 0 Å². The van der Waals surface area contributed by atoms with Crippen molar-refractivity contribution in [3.8, 4) is 11.3 Å². The Labute approximate surface area is 121 Å². The second-order valence-electron chi connectivity index (χ2n) is 4.44. The summed E-state index contributed by atoms with van der Waals surface area (Å²) in [5.74, 6) is 1.91. The van der Waals surface area contributed by atoms with E-state index in [0.29, 0.717) is 0 Å². The van der Waals surface area contributed by atoms with Gasteiger partial charge in [0.25, 0.3) is 0 Å². The Morgan fingerprint density at radius 3 is 2.26 bits per heavy atom. The van der Waals surface area contributed by atoms with Gasteiger partial charge in [-0.3, -0.25) is 0 Å². The number of benzene rings is 2. The van der Waals surface area contributed by atoms with Crippen molar-refractivity contribution >= 4 is 15.9 Å². The van der Waals surface area contributed by atoms with E-state index >= 15 is 0 Å². The van der Waals surface area contributed by atoms with Crippen molar-refractivity contribution in [1.29, 1.82) is 0 Å². The topological polar surface area (TPSA) is 13.1 Å². The average molecular weight is 313 g/mol. The minimum atomic E-state index is 0.820. The zero-order valence-electron chi connectivity index (χ0n) is 10.3. The molecule has 19 heavy (non-hydrogen) atoms. The van der Waals surface area contributed by atoms with Crippen LogP contribution in [-0.4, -0.2) is 0 Å². The minimum Gasteiger partial charge on any atom is -0.461 e. The van der Waals surface area contributed by atoms with Gasteiger partial charge in [0, 0.05) is 16.5 Å². The van der Waals surface area contributed by atoms with Gasteiger partial charge in [-0.2, -0.15) is 0 Å². The molecule has 1 heterocycles. The first-order valence-corrected chi connectivity index (χ1v) is 6.99. The highest BCUT2D eigenvalue weighted by atomic mass is 79.9. The number of hydrogen-bond acceptors (Lipinski definition) is 1. The molecule has 0 aliphatic rings. The van der Waals surface area contributed by atoms with Gasteiger partial charge in [0.05, 0.1) is 0 Å². The van der Waals surface area contributed by atoms with Gasteiger partial charge in [-0.05, 0) is 29.8 Å². The first kappa shape index (κ1) is 12.2. The maximum atomic E-state index is 5.89. The summed E-state index contributed by atoms with van der Waals surface area (Å²) in [5, 5.41) is 0. The van der Waals surface area contributed by atoms with E-state index in [0.717, 1.165) is 28.0 Å². The van der Waals surface area contributed by atoms with Crippen molar-refractivity contribution in [1.82, 2.24) is 0 Å². The third-order valence-corrected chi connectivity index (χ3v) is 3.54. The number of halogens is 1. The highest BCUT2D eigenvalue weighted by Gasteiger charge is 2.05. The summed E-state index contributed by atoms with van der Waals surface area (Å²) in [5.41, 5.74) is 2.36. The second kappa shape index (κ2) is 5.45. The molecule has 0 spiro atoms. The zero-order chi connectivity index (χ0) is 13.1. The van der Waals surface area contributed by atoms with Gasteiger partial charge in [-0.1, -0.05) is 58.4 Å². The summed E-state index contributed by atoms with van der Waals surface area (Å²) in [6, 6.07) is 22.6. The van der Waals surface area contributed by atoms with Gasteiger partial charge < -0.3 is 4.42 Å². The molecule has 3 rings (SSSR count). The Balaban J connectivity index is 1.80. The van der Waals surface area contributed by atoms with Gasteiger partial charge in [0.1, 0.15) is 11.5 Å². The molecule has 1 aromatic heterocycles. The smallest absolute Gasteiger partial charge is 0.134 e. The van der Waals surface area contributed by atoms with Crippen molar-refractivity contribution < 1.29 is 4.42 Å². The molecule has 2 aromatic carbocycles. The SMILES string of the molecule is Brc1ccc(Cc2ccc(-c3ccccc3)o2)cc1. The molecular weight excluding hydrogens is 300 g/mol. The first-order chi connectivity index (χ1) is 9.31. The maximum absolute atomic E-state index is 5.89. The van der Waals surface area contributed by atoms with E-state index in [-0.39, 0.29) is 0 Å². The Morgan fingerprint density at radius 2 is 1.53 bits per heavy atom. The van der Waals surface area contributed by atoms with Crippen LogP contribution in [0.4, 0.5) is 0 Å². The maximum Gasteiger partial charge on any atom is 0.134 e. The predicted molar refractivity (Wildman–Crippen MR) is 81.1 cm³/mol. The summed E-state index contributed by atoms with van der Waals surface area (Å²) in [4.78, 5) is 0. The Kier molecular flexibility index (Phi) is 3.51. The van der Waals surface area contributed by atoms with Crippen LogP contribution in [0.5, 0.6) is 0 Å². The molecule has 3 aromatic rings. The molecular formula is C17H13BrO. The predicted octanol–water partition coefficient (Wildman–Crippen LogP) is 5.30. The van der Waals surface area contributed by atoms with Crippen LogP contribution in [0.25, 0.3) is 11.3 Å². The van der Waals surface area contributed by atoms with E-state index in [2.05, 4.69) is 52.3 Å². The van der Waals surface area contributed by atoms with Gasteiger partial charge >= 0.3 is 0 Å². The lowest BCUT2D eigenvalue weighted by molar-refractivity contribution is 0.534. The molecule has 0 aliphatic carbocycles. The fourth-order valence-corrected chi connectivity index (χ4v) is 2.30. The van der Waals surface area contributed by atoms with Crippen LogP contribution in [0.3, 0.4) is 0 Å². The summed E-state index contributed by atoms with van der Waals surface area (Å²) in [6.45, 7) is 0. The van der Waals surface area contributed by atoms with Crippen LogP contribution in [-0.2, 0) is 6.42 Å². The minimum absolute atomic E-state index is 0.820. The fraction of sp³-hybridized carbons (Fsp3) is 0.0588.